The van der Waals surface area contributed by atoms with E-state index in [1.54, 1.807) is 30.2 Å². The Hall–Kier alpha value is -2.34. The van der Waals surface area contributed by atoms with Crippen molar-refractivity contribution in [2.75, 3.05) is 13.4 Å². The number of fused-ring (bicyclic) bond motifs is 1. The Bertz CT molecular complexity index is 1060. The lowest BCUT2D eigenvalue weighted by Gasteiger charge is -2.13. The third-order valence-corrected chi connectivity index (χ3v) is 6.26. The van der Waals surface area contributed by atoms with E-state index in [1.165, 1.54) is 20.7 Å². The number of hydrogen-bond donors (Lipinski definition) is 1. The molecule has 0 saturated heterocycles. The van der Waals surface area contributed by atoms with E-state index in [0.717, 1.165) is 35.6 Å². The summed E-state index contributed by atoms with van der Waals surface area (Å²) in [5.41, 5.74) is 4.35. The second kappa shape index (κ2) is 8.78. The van der Waals surface area contributed by atoms with Crippen LogP contribution >= 0.6 is 23.1 Å². The molecule has 0 amide bonds. The third-order valence-electron chi connectivity index (χ3n) is 4.66. The summed E-state index contributed by atoms with van der Waals surface area (Å²) in [6.45, 7) is 1.63. The van der Waals surface area contributed by atoms with Crippen LogP contribution < -0.4 is 10.1 Å². The highest BCUT2D eigenvalue weighted by Gasteiger charge is 2.11. The molecule has 2 aromatic heterocycles. The lowest BCUT2D eigenvalue weighted by Crippen LogP contribution is -2.13. The van der Waals surface area contributed by atoms with Gasteiger partial charge < -0.3 is 10.1 Å². The predicted octanol–water partition coefficient (Wildman–Crippen LogP) is 5.98. The monoisotopic (exact) mass is 406 g/mol. The molecule has 0 spiro atoms. The summed E-state index contributed by atoms with van der Waals surface area (Å²) in [6.07, 6.45) is 2.09. The maximum Gasteiger partial charge on any atom is 0.118 e. The van der Waals surface area contributed by atoms with Crippen LogP contribution in [0.1, 0.15) is 10.4 Å². The van der Waals surface area contributed by atoms with Crippen LogP contribution in [0.4, 0.5) is 0 Å². The van der Waals surface area contributed by atoms with E-state index in [1.807, 2.05) is 12.1 Å². The van der Waals surface area contributed by atoms with Crippen molar-refractivity contribution in [3.05, 3.63) is 76.5 Å². The van der Waals surface area contributed by atoms with Crippen LogP contribution in [0.15, 0.2) is 70.9 Å². The quantitative estimate of drug-likeness (QED) is 0.383. The number of ether oxygens (including phenoxy) is 1. The van der Waals surface area contributed by atoms with Gasteiger partial charge in [0.15, 0.2) is 0 Å². The third kappa shape index (κ3) is 4.22. The largest absolute Gasteiger partial charge is 0.497 e. The summed E-state index contributed by atoms with van der Waals surface area (Å²) in [6, 6.07) is 21.1. The molecule has 1 N–H and O–H groups in total. The number of thiophene rings is 1. The van der Waals surface area contributed by atoms with Crippen molar-refractivity contribution in [3.8, 4) is 17.0 Å². The summed E-state index contributed by atoms with van der Waals surface area (Å²) in [4.78, 5) is 7.60. The highest BCUT2D eigenvalue weighted by molar-refractivity contribution is 7.98. The van der Waals surface area contributed by atoms with E-state index in [9.17, 15) is 0 Å². The van der Waals surface area contributed by atoms with E-state index in [4.69, 9.17) is 9.72 Å². The summed E-state index contributed by atoms with van der Waals surface area (Å²) in [5, 5.41) is 6.85. The average Bonchev–Trinajstić information content (AvgIpc) is 3.26. The van der Waals surface area contributed by atoms with Gasteiger partial charge in [-0.15, -0.1) is 23.1 Å². The van der Waals surface area contributed by atoms with Crippen LogP contribution in [0, 0.1) is 0 Å². The van der Waals surface area contributed by atoms with Gasteiger partial charge in [0.05, 0.1) is 18.3 Å². The van der Waals surface area contributed by atoms with E-state index in [-0.39, 0.29) is 0 Å². The Morgan fingerprint density at radius 3 is 2.61 bits per heavy atom. The molecule has 0 fully saturated rings. The van der Waals surface area contributed by atoms with E-state index in [2.05, 4.69) is 65.5 Å². The molecule has 142 valence electrons. The van der Waals surface area contributed by atoms with Crippen LogP contribution in [-0.2, 0) is 13.1 Å². The fraction of sp³-hybridized carbons (Fsp3) is 0.174. The number of nitrogens with zero attached hydrogens (tertiary/aromatic N) is 1. The van der Waals surface area contributed by atoms with Gasteiger partial charge in [-0.25, -0.2) is 4.98 Å². The second-order valence-electron chi connectivity index (χ2n) is 6.47. The topological polar surface area (TPSA) is 34.1 Å². The van der Waals surface area contributed by atoms with E-state index >= 15 is 0 Å². The van der Waals surface area contributed by atoms with Crippen molar-refractivity contribution in [3.63, 3.8) is 0 Å². The number of rotatable bonds is 7. The van der Waals surface area contributed by atoms with Crippen molar-refractivity contribution in [2.24, 2.45) is 0 Å². The maximum absolute atomic E-state index is 5.31. The first-order valence-corrected chi connectivity index (χ1v) is 11.2. The van der Waals surface area contributed by atoms with Gasteiger partial charge >= 0.3 is 0 Å². The first kappa shape index (κ1) is 19.0. The highest BCUT2D eigenvalue weighted by Crippen LogP contribution is 2.29. The summed E-state index contributed by atoms with van der Waals surface area (Å²) in [5.74, 6) is 0.853. The normalized spacial score (nSPS) is 11.1. The molecule has 0 bridgehead atoms. The number of methoxy groups -OCH3 is 1. The molecule has 2 heterocycles. The van der Waals surface area contributed by atoms with Gasteiger partial charge in [-0.1, -0.05) is 12.1 Å². The number of pyridine rings is 1. The Kier molecular flexibility index (Phi) is 5.95. The lowest BCUT2D eigenvalue weighted by molar-refractivity contribution is 0.415. The smallest absolute Gasteiger partial charge is 0.118 e. The van der Waals surface area contributed by atoms with Crippen molar-refractivity contribution < 1.29 is 4.74 Å². The summed E-state index contributed by atoms with van der Waals surface area (Å²) >= 11 is 3.51. The predicted molar refractivity (Wildman–Crippen MR) is 120 cm³/mol. The molecule has 4 aromatic rings. The molecule has 0 radical (unpaired) electrons. The Morgan fingerprint density at radius 2 is 1.89 bits per heavy atom. The second-order valence-corrected chi connectivity index (χ2v) is 8.38. The molecule has 5 heteroatoms. The van der Waals surface area contributed by atoms with Crippen molar-refractivity contribution >= 4 is 34.0 Å². The van der Waals surface area contributed by atoms with Gasteiger partial charge in [0.1, 0.15) is 5.75 Å². The first-order valence-electron chi connectivity index (χ1n) is 9.12. The SMILES string of the molecule is COc1ccc(-c2nc3cc(SC)ccc3cc2CNCc2cccs2)cc1. The van der Waals surface area contributed by atoms with Gasteiger partial charge in [-0.3, -0.25) is 0 Å². The number of nitrogens with one attached hydrogen (secondary N) is 1. The molecule has 3 nitrogen and oxygen atoms in total. The standard InChI is InChI=1S/C23H22N2OS2/c1-26-19-8-5-16(6-9-19)23-18(14-24-15-21-4-3-11-28-21)12-17-7-10-20(27-2)13-22(17)25-23/h3-13,24H,14-15H2,1-2H3. The molecule has 0 aliphatic rings. The zero-order valence-corrected chi connectivity index (χ0v) is 17.6. The zero-order valence-electron chi connectivity index (χ0n) is 15.9. The number of aromatic nitrogens is 1. The van der Waals surface area contributed by atoms with Crippen molar-refractivity contribution in [2.45, 2.75) is 18.0 Å². The van der Waals surface area contributed by atoms with Crippen molar-refractivity contribution in [1.82, 2.24) is 10.3 Å². The highest BCUT2D eigenvalue weighted by atomic mass is 32.2. The fourth-order valence-electron chi connectivity index (χ4n) is 3.18. The first-order chi connectivity index (χ1) is 13.8. The van der Waals surface area contributed by atoms with E-state index < -0.39 is 0 Å². The zero-order chi connectivity index (χ0) is 19.3. The number of benzene rings is 2. The number of thioether (sulfide) groups is 1. The van der Waals surface area contributed by atoms with Crippen molar-refractivity contribution in [1.29, 1.82) is 0 Å². The molecule has 0 aliphatic heterocycles. The van der Waals surface area contributed by atoms with Gasteiger partial charge in [0, 0.05) is 33.8 Å². The fourth-order valence-corrected chi connectivity index (χ4v) is 4.29. The lowest BCUT2D eigenvalue weighted by atomic mass is 10.0. The van der Waals surface area contributed by atoms with Crippen LogP contribution in [0.2, 0.25) is 0 Å². The summed E-state index contributed by atoms with van der Waals surface area (Å²) < 4.78 is 5.31. The van der Waals surface area contributed by atoms with Gasteiger partial charge in [0.25, 0.3) is 0 Å². The van der Waals surface area contributed by atoms with Crippen LogP contribution in [0.5, 0.6) is 5.75 Å². The van der Waals surface area contributed by atoms with E-state index in [0.29, 0.717) is 0 Å². The van der Waals surface area contributed by atoms with Gasteiger partial charge in [0.2, 0.25) is 0 Å². The molecule has 0 aliphatic carbocycles. The molecule has 28 heavy (non-hydrogen) atoms. The Morgan fingerprint density at radius 1 is 1.04 bits per heavy atom. The maximum atomic E-state index is 5.31. The van der Waals surface area contributed by atoms with Crippen LogP contribution in [-0.4, -0.2) is 18.3 Å². The Balaban J connectivity index is 1.71. The molecule has 0 unspecified atom stereocenters. The van der Waals surface area contributed by atoms with Gasteiger partial charge in [-0.05, 0) is 65.7 Å². The van der Waals surface area contributed by atoms with Crippen LogP contribution in [0.3, 0.4) is 0 Å². The molecular weight excluding hydrogens is 384 g/mol. The Labute approximate surface area is 173 Å². The minimum absolute atomic E-state index is 0.770. The summed E-state index contributed by atoms with van der Waals surface area (Å²) in [7, 11) is 1.69. The average molecular weight is 407 g/mol. The minimum Gasteiger partial charge on any atom is -0.497 e. The number of hydrogen-bond acceptors (Lipinski definition) is 5. The molecular formula is C23H22N2OS2. The minimum atomic E-state index is 0.770. The van der Waals surface area contributed by atoms with Crippen LogP contribution in [0.25, 0.3) is 22.2 Å². The molecule has 4 rings (SSSR count). The van der Waals surface area contributed by atoms with Gasteiger partial charge in [-0.2, -0.15) is 0 Å². The molecule has 0 atom stereocenters. The molecule has 0 saturated carbocycles. The molecule has 2 aromatic carbocycles.